The van der Waals surface area contributed by atoms with Crippen LogP contribution in [0.4, 0.5) is 0 Å². The summed E-state index contributed by atoms with van der Waals surface area (Å²) < 4.78 is 0. The van der Waals surface area contributed by atoms with E-state index in [-0.39, 0.29) is 17.9 Å². The maximum Gasteiger partial charge on any atom is 0.253 e. The number of nitrogens with one attached hydrogen (secondary N) is 1. The second kappa shape index (κ2) is 9.96. The van der Waals surface area contributed by atoms with Gasteiger partial charge >= 0.3 is 0 Å². The number of carbonyl (C=O) groups is 2. The van der Waals surface area contributed by atoms with E-state index in [0.717, 1.165) is 36.2 Å². The molecule has 1 atom stereocenters. The third-order valence-corrected chi connectivity index (χ3v) is 6.18. The Bertz CT molecular complexity index is 1110. The van der Waals surface area contributed by atoms with Gasteiger partial charge in [0, 0.05) is 31.7 Å². The van der Waals surface area contributed by atoms with Crippen LogP contribution in [0.5, 0.6) is 0 Å². The van der Waals surface area contributed by atoms with Crippen LogP contribution in [0, 0.1) is 6.92 Å². The summed E-state index contributed by atoms with van der Waals surface area (Å²) in [6.45, 7) is 7.25. The number of fused-ring (bicyclic) bond motifs is 1. The van der Waals surface area contributed by atoms with Crippen LogP contribution in [-0.2, 0) is 4.79 Å². The highest BCUT2D eigenvalue weighted by Crippen LogP contribution is 2.24. The Hall–Kier alpha value is -3.18. The molecule has 5 nitrogen and oxygen atoms in total. The van der Waals surface area contributed by atoms with Crippen LogP contribution in [0.15, 0.2) is 66.7 Å². The minimum atomic E-state index is -0.0695. The SMILES string of the molecule is Cc1cccc(C(=O)N2CCCN(CC(=O)NC(C)c3cccc4ccccc34)CC2)c1. The zero-order valence-corrected chi connectivity index (χ0v) is 18.9. The Kier molecular flexibility index (Phi) is 6.86. The molecule has 1 unspecified atom stereocenters. The monoisotopic (exact) mass is 429 g/mol. The molecular formula is C27H31N3O2. The van der Waals surface area contributed by atoms with Crippen LogP contribution in [0.25, 0.3) is 10.8 Å². The number of hydrogen-bond donors (Lipinski definition) is 1. The largest absolute Gasteiger partial charge is 0.348 e. The summed E-state index contributed by atoms with van der Waals surface area (Å²) >= 11 is 0. The molecule has 1 saturated heterocycles. The molecule has 0 saturated carbocycles. The van der Waals surface area contributed by atoms with Gasteiger partial charge in [-0.2, -0.15) is 0 Å². The Morgan fingerprint density at radius 3 is 2.56 bits per heavy atom. The number of benzene rings is 3. The molecule has 1 heterocycles. The van der Waals surface area contributed by atoms with Gasteiger partial charge in [-0.05, 0) is 48.7 Å². The van der Waals surface area contributed by atoms with Crippen molar-refractivity contribution in [1.82, 2.24) is 15.1 Å². The molecule has 1 fully saturated rings. The molecule has 1 aliphatic rings. The summed E-state index contributed by atoms with van der Waals surface area (Å²) in [7, 11) is 0. The lowest BCUT2D eigenvalue weighted by molar-refractivity contribution is -0.122. The van der Waals surface area contributed by atoms with E-state index in [0.29, 0.717) is 19.6 Å². The average Bonchev–Trinajstić information content (AvgIpc) is 3.03. The van der Waals surface area contributed by atoms with E-state index in [2.05, 4.69) is 34.5 Å². The van der Waals surface area contributed by atoms with Crippen molar-refractivity contribution in [3.63, 3.8) is 0 Å². The summed E-state index contributed by atoms with van der Waals surface area (Å²) in [6, 6.07) is 22.1. The van der Waals surface area contributed by atoms with E-state index >= 15 is 0 Å². The van der Waals surface area contributed by atoms with E-state index < -0.39 is 0 Å². The summed E-state index contributed by atoms with van der Waals surface area (Å²) in [5.41, 5.74) is 2.95. The van der Waals surface area contributed by atoms with Crippen LogP contribution in [0.1, 0.15) is 40.9 Å². The normalized spacial score (nSPS) is 15.9. The zero-order valence-electron chi connectivity index (χ0n) is 18.9. The van der Waals surface area contributed by atoms with Crippen molar-refractivity contribution >= 4 is 22.6 Å². The van der Waals surface area contributed by atoms with Gasteiger partial charge in [-0.3, -0.25) is 14.5 Å². The summed E-state index contributed by atoms with van der Waals surface area (Å²) in [6.07, 6.45) is 0.865. The molecule has 0 aromatic heterocycles. The topological polar surface area (TPSA) is 52.7 Å². The van der Waals surface area contributed by atoms with Crippen LogP contribution in [-0.4, -0.2) is 54.3 Å². The molecule has 0 radical (unpaired) electrons. The molecule has 1 aliphatic heterocycles. The van der Waals surface area contributed by atoms with E-state index in [4.69, 9.17) is 0 Å². The predicted molar refractivity (Wildman–Crippen MR) is 129 cm³/mol. The molecule has 3 aromatic rings. The molecule has 0 spiro atoms. The number of aryl methyl sites for hydroxylation is 1. The average molecular weight is 430 g/mol. The van der Waals surface area contributed by atoms with Gasteiger partial charge in [0.2, 0.25) is 5.91 Å². The van der Waals surface area contributed by atoms with Gasteiger partial charge in [-0.15, -0.1) is 0 Å². The van der Waals surface area contributed by atoms with Gasteiger partial charge in [-0.25, -0.2) is 0 Å². The first-order valence-electron chi connectivity index (χ1n) is 11.4. The van der Waals surface area contributed by atoms with Gasteiger partial charge in [-0.1, -0.05) is 60.2 Å². The van der Waals surface area contributed by atoms with Crippen LogP contribution in [0.2, 0.25) is 0 Å². The lowest BCUT2D eigenvalue weighted by Crippen LogP contribution is -2.40. The van der Waals surface area contributed by atoms with E-state index in [9.17, 15) is 9.59 Å². The summed E-state index contributed by atoms with van der Waals surface area (Å²) in [5, 5.41) is 5.51. The van der Waals surface area contributed by atoms with Crippen molar-refractivity contribution in [3.8, 4) is 0 Å². The molecule has 32 heavy (non-hydrogen) atoms. The second-order valence-corrected chi connectivity index (χ2v) is 8.65. The fourth-order valence-electron chi connectivity index (χ4n) is 4.49. The molecule has 5 heteroatoms. The molecule has 1 N–H and O–H groups in total. The highest BCUT2D eigenvalue weighted by atomic mass is 16.2. The van der Waals surface area contributed by atoms with Crippen molar-refractivity contribution in [2.75, 3.05) is 32.7 Å². The predicted octanol–water partition coefficient (Wildman–Crippen LogP) is 4.17. The molecule has 3 aromatic carbocycles. The number of hydrogen-bond acceptors (Lipinski definition) is 3. The number of carbonyl (C=O) groups excluding carboxylic acids is 2. The van der Waals surface area contributed by atoms with E-state index in [1.165, 1.54) is 10.8 Å². The fraction of sp³-hybridized carbons (Fsp3) is 0.333. The van der Waals surface area contributed by atoms with Crippen molar-refractivity contribution < 1.29 is 9.59 Å². The van der Waals surface area contributed by atoms with Crippen molar-refractivity contribution in [2.45, 2.75) is 26.3 Å². The Morgan fingerprint density at radius 1 is 0.938 bits per heavy atom. The first-order chi connectivity index (χ1) is 15.5. The third-order valence-electron chi connectivity index (χ3n) is 6.18. The molecule has 2 amide bonds. The smallest absolute Gasteiger partial charge is 0.253 e. The summed E-state index contributed by atoms with van der Waals surface area (Å²) in [5.74, 6) is 0.0912. The highest BCUT2D eigenvalue weighted by Gasteiger charge is 2.22. The fourth-order valence-corrected chi connectivity index (χ4v) is 4.49. The Labute approximate surface area is 190 Å². The first-order valence-corrected chi connectivity index (χ1v) is 11.4. The lowest BCUT2D eigenvalue weighted by Gasteiger charge is -2.23. The maximum atomic E-state index is 12.9. The minimum absolute atomic E-state index is 0.0175. The van der Waals surface area contributed by atoms with Gasteiger partial charge in [0.25, 0.3) is 5.91 Å². The number of nitrogens with zero attached hydrogens (tertiary/aromatic N) is 2. The van der Waals surface area contributed by atoms with Gasteiger partial charge in [0.15, 0.2) is 0 Å². The molecule has 166 valence electrons. The van der Waals surface area contributed by atoms with Crippen LogP contribution < -0.4 is 5.32 Å². The second-order valence-electron chi connectivity index (χ2n) is 8.65. The zero-order chi connectivity index (χ0) is 22.5. The van der Waals surface area contributed by atoms with Crippen molar-refractivity contribution in [3.05, 3.63) is 83.4 Å². The van der Waals surface area contributed by atoms with Gasteiger partial charge in [0.1, 0.15) is 0 Å². The van der Waals surface area contributed by atoms with Gasteiger partial charge < -0.3 is 10.2 Å². The quantitative estimate of drug-likeness (QED) is 0.662. The third kappa shape index (κ3) is 5.17. The van der Waals surface area contributed by atoms with E-state index in [1.54, 1.807) is 0 Å². The van der Waals surface area contributed by atoms with E-state index in [1.807, 2.05) is 61.2 Å². The molecule has 4 rings (SSSR count). The molecule has 0 aliphatic carbocycles. The minimum Gasteiger partial charge on any atom is -0.348 e. The van der Waals surface area contributed by atoms with Crippen LogP contribution in [0.3, 0.4) is 0 Å². The maximum absolute atomic E-state index is 12.9. The number of amides is 2. The van der Waals surface area contributed by atoms with Crippen molar-refractivity contribution in [1.29, 1.82) is 0 Å². The number of rotatable bonds is 5. The summed E-state index contributed by atoms with van der Waals surface area (Å²) in [4.78, 5) is 29.7. The lowest BCUT2D eigenvalue weighted by atomic mass is 10.00. The Balaban J connectivity index is 1.33. The van der Waals surface area contributed by atoms with Crippen LogP contribution >= 0.6 is 0 Å². The first kappa shape index (κ1) is 22.0. The molecular weight excluding hydrogens is 398 g/mol. The van der Waals surface area contributed by atoms with Crippen molar-refractivity contribution in [2.24, 2.45) is 0 Å². The standard InChI is InChI=1S/C27H31N3O2/c1-20-8-5-11-23(18-20)27(32)30-15-7-14-29(16-17-30)19-26(31)28-21(2)24-13-6-10-22-9-3-4-12-25(22)24/h3-6,8-13,18,21H,7,14-17,19H2,1-2H3,(H,28,31). The Morgan fingerprint density at radius 2 is 1.72 bits per heavy atom. The highest BCUT2D eigenvalue weighted by molar-refractivity contribution is 5.94. The molecule has 0 bridgehead atoms. The van der Waals surface area contributed by atoms with Gasteiger partial charge in [0.05, 0.1) is 12.6 Å².